The molecule has 3 rings (SSSR count). The van der Waals surface area contributed by atoms with Gasteiger partial charge in [0.05, 0.1) is 5.69 Å². The van der Waals surface area contributed by atoms with Crippen molar-refractivity contribution in [2.24, 2.45) is 11.7 Å². The van der Waals surface area contributed by atoms with Crippen LogP contribution in [-0.4, -0.2) is 16.0 Å². The van der Waals surface area contributed by atoms with Gasteiger partial charge in [-0.2, -0.15) is 0 Å². The lowest BCUT2D eigenvalue weighted by atomic mass is 9.97. The zero-order chi connectivity index (χ0) is 11.1. The number of fused-ring (bicyclic) bond motifs is 1. The Morgan fingerprint density at radius 2 is 2.19 bits per heavy atom. The second kappa shape index (κ2) is 3.88. The van der Waals surface area contributed by atoms with Crippen LogP contribution in [0.3, 0.4) is 0 Å². The number of hydrogen-bond acceptors (Lipinski definition) is 2. The minimum absolute atomic E-state index is 0.335. The first-order chi connectivity index (χ1) is 7.74. The number of nitrogens with one attached hydrogen (secondary N) is 1. The second-order valence-corrected chi connectivity index (χ2v) is 5.56. The molecule has 0 saturated heterocycles. The SMILES string of the molecule is CC1CCCC1c1nc2c([nH]1)CC(N)CC2. The first kappa shape index (κ1) is 10.3. The Bertz CT molecular complexity index is 383. The Labute approximate surface area is 96.8 Å². The van der Waals surface area contributed by atoms with Crippen molar-refractivity contribution in [1.82, 2.24) is 9.97 Å². The van der Waals surface area contributed by atoms with Crippen molar-refractivity contribution < 1.29 is 0 Å². The molecular weight excluding hydrogens is 198 g/mol. The first-order valence-corrected chi connectivity index (χ1v) is 6.57. The summed E-state index contributed by atoms with van der Waals surface area (Å²) in [5, 5.41) is 0. The third-order valence-corrected chi connectivity index (χ3v) is 4.31. The van der Waals surface area contributed by atoms with Gasteiger partial charge in [-0.3, -0.25) is 0 Å². The van der Waals surface area contributed by atoms with Crippen LogP contribution in [0.15, 0.2) is 0 Å². The lowest BCUT2D eigenvalue weighted by Gasteiger charge is -2.16. The summed E-state index contributed by atoms with van der Waals surface area (Å²) in [5.41, 5.74) is 8.59. The summed E-state index contributed by atoms with van der Waals surface area (Å²) in [6.07, 6.45) is 7.17. The Morgan fingerprint density at radius 1 is 1.31 bits per heavy atom. The van der Waals surface area contributed by atoms with E-state index in [1.165, 1.54) is 36.5 Å². The molecule has 0 aliphatic heterocycles. The van der Waals surface area contributed by atoms with Gasteiger partial charge in [-0.25, -0.2) is 4.98 Å². The van der Waals surface area contributed by atoms with E-state index < -0.39 is 0 Å². The maximum atomic E-state index is 5.99. The minimum atomic E-state index is 0.335. The molecular formula is C13H21N3. The number of aromatic amines is 1. The van der Waals surface area contributed by atoms with Crippen molar-refractivity contribution >= 4 is 0 Å². The summed E-state index contributed by atoms with van der Waals surface area (Å²) in [6.45, 7) is 2.35. The molecule has 3 N–H and O–H groups in total. The Kier molecular flexibility index (Phi) is 2.51. The van der Waals surface area contributed by atoms with Gasteiger partial charge >= 0.3 is 0 Å². The number of aromatic nitrogens is 2. The number of hydrogen-bond donors (Lipinski definition) is 2. The first-order valence-electron chi connectivity index (χ1n) is 6.57. The van der Waals surface area contributed by atoms with Crippen molar-refractivity contribution in [3.63, 3.8) is 0 Å². The fourth-order valence-corrected chi connectivity index (χ4v) is 3.26. The predicted molar refractivity (Wildman–Crippen MR) is 64.3 cm³/mol. The van der Waals surface area contributed by atoms with E-state index in [4.69, 9.17) is 10.7 Å². The number of nitrogens with two attached hydrogens (primary N) is 1. The lowest BCUT2D eigenvalue weighted by molar-refractivity contribution is 0.512. The average Bonchev–Trinajstić information content (AvgIpc) is 2.82. The number of nitrogens with zero attached hydrogens (tertiary/aromatic N) is 1. The van der Waals surface area contributed by atoms with Gasteiger partial charge in [0.1, 0.15) is 5.82 Å². The van der Waals surface area contributed by atoms with Gasteiger partial charge in [0.2, 0.25) is 0 Å². The molecule has 0 amide bonds. The number of H-pyrrole nitrogens is 1. The molecule has 1 saturated carbocycles. The van der Waals surface area contributed by atoms with Crippen molar-refractivity contribution in [2.45, 2.75) is 57.4 Å². The topological polar surface area (TPSA) is 54.7 Å². The Morgan fingerprint density at radius 3 is 2.94 bits per heavy atom. The monoisotopic (exact) mass is 219 g/mol. The molecule has 1 fully saturated rings. The molecule has 16 heavy (non-hydrogen) atoms. The highest BCUT2D eigenvalue weighted by Gasteiger charge is 2.29. The lowest BCUT2D eigenvalue weighted by Crippen LogP contribution is -2.27. The highest BCUT2D eigenvalue weighted by Crippen LogP contribution is 2.38. The molecule has 3 atom stereocenters. The van der Waals surface area contributed by atoms with Gasteiger partial charge in [0.25, 0.3) is 0 Å². The van der Waals surface area contributed by atoms with Gasteiger partial charge in [-0.15, -0.1) is 0 Å². The highest BCUT2D eigenvalue weighted by atomic mass is 15.0. The number of imidazole rings is 1. The van der Waals surface area contributed by atoms with Crippen LogP contribution in [0.5, 0.6) is 0 Å². The van der Waals surface area contributed by atoms with E-state index in [1.807, 2.05) is 0 Å². The molecule has 3 unspecified atom stereocenters. The van der Waals surface area contributed by atoms with Crippen molar-refractivity contribution in [3.8, 4) is 0 Å². The van der Waals surface area contributed by atoms with Crippen LogP contribution in [0.4, 0.5) is 0 Å². The van der Waals surface area contributed by atoms with Crippen LogP contribution in [0.25, 0.3) is 0 Å². The molecule has 88 valence electrons. The van der Waals surface area contributed by atoms with E-state index in [0.29, 0.717) is 12.0 Å². The zero-order valence-electron chi connectivity index (χ0n) is 10.00. The van der Waals surface area contributed by atoms with E-state index in [2.05, 4.69) is 11.9 Å². The van der Waals surface area contributed by atoms with Crippen molar-refractivity contribution in [3.05, 3.63) is 17.2 Å². The standard InChI is InChI=1S/C13H21N3/c1-8-3-2-4-10(8)13-15-11-6-5-9(14)7-12(11)16-13/h8-10H,2-7,14H2,1H3,(H,15,16). The minimum Gasteiger partial charge on any atom is -0.345 e. The smallest absolute Gasteiger partial charge is 0.109 e. The van der Waals surface area contributed by atoms with E-state index in [0.717, 1.165) is 25.2 Å². The quantitative estimate of drug-likeness (QED) is 0.760. The summed E-state index contributed by atoms with van der Waals surface area (Å²) < 4.78 is 0. The third-order valence-electron chi connectivity index (χ3n) is 4.31. The Balaban J connectivity index is 1.86. The second-order valence-electron chi connectivity index (χ2n) is 5.56. The fourth-order valence-electron chi connectivity index (χ4n) is 3.26. The van der Waals surface area contributed by atoms with Crippen LogP contribution in [0, 0.1) is 5.92 Å². The summed E-state index contributed by atoms with van der Waals surface area (Å²) in [6, 6.07) is 0.335. The largest absolute Gasteiger partial charge is 0.345 e. The molecule has 1 heterocycles. The molecule has 2 aliphatic carbocycles. The third kappa shape index (κ3) is 1.67. The number of rotatable bonds is 1. The van der Waals surface area contributed by atoms with Crippen LogP contribution in [-0.2, 0) is 12.8 Å². The van der Waals surface area contributed by atoms with Gasteiger partial charge in [-0.1, -0.05) is 13.3 Å². The summed E-state index contributed by atoms with van der Waals surface area (Å²) in [5.74, 6) is 2.70. The van der Waals surface area contributed by atoms with Crippen LogP contribution in [0.1, 0.15) is 55.7 Å². The van der Waals surface area contributed by atoms with Crippen molar-refractivity contribution in [2.75, 3.05) is 0 Å². The van der Waals surface area contributed by atoms with E-state index >= 15 is 0 Å². The number of aryl methyl sites for hydroxylation is 1. The zero-order valence-corrected chi connectivity index (χ0v) is 10.00. The summed E-state index contributed by atoms with van der Waals surface area (Å²) in [4.78, 5) is 8.35. The van der Waals surface area contributed by atoms with Gasteiger partial charge in [0.15, 0.2) is 0 Å². The molecule has 1 aromatic heterocycles. The van der Waals surface area contributed by atoms with Crippen LogP contribution >= 0.6 is 0 Å². The maximum Gasteiger partial charge on any atom is 0.109 e. The summed E-state index contributed by atoms with van der Waals surface area (Å²) in [7, 11) is 0. The molecule has 1 aromatic rings. The molecule has 2 aliphatic rings. The summed E-state index contributed by atoms with van der Waals surface area (Å²) >= 11 is 0. The van der Waals surface area contributed by atoms with Gasteiger partial charge in [0, 0.05) is 24.1 Å². The molecule has 3 heteroatoms. The average molecular weight is 219 g/mol. The van der Waals surface area contributed by atoms with Gasteiger partial charge in [-0.05, 0) is 31.6 Å². The van der Waals surface area contributed by atoms with Crippen LogP contribution < -0.4 is 5.73 Å². The molecule has 0 bridgehead atoms. The van der Waals surface area contributed by atoms with Gasteiger partial charge < -0.3 is 10.7 Å². The normalized spacial score (nSPS) is 34.0. The van der Waals surface area contributed by atoms with E-state index in [9.17, 15) is 0 Å². The molecule has 0 aromatic carbocycles. The predicted octanol–water partition coefficient (Wildman–Crippen LogP) is 2.13. The Hall–Kier alpha value is -0.830. The fraction of sp³-hybridized carbons (Fsp3) is 0.769. The maximum absolute atomic E-state index is 5.99. The molecule has 0 radical (unpaired) electrons. The highest BCUT2D eigenvalue weighted by molar-refractivity contribution is 5.21. The van der Waals surface area contributed by atoms with E-state index in [1.54, 1.807) is 0 Å². The van der Waals surface area contributed by atoms with E-state index in [-0.39, 0.29) is 0 Å². The molecule has 0 spiro atoms. The van der Waals surface area contributed by atoms with Crippen molar-refractivity contribution in [1.29, 1.82) is 0 Å². The molecule has 3 nitrogen and oxygen atoms in total. The van der Waals surface area contributed by atoms with Crippen LogP contribution in [0.2, 0.25) is 0 Å².